The fourth-order valence-corrected chi connectivity index (χ4v) is 3.54. The van der Waals surface area contributed by atoms with Gasteiger partial charge in [0, 0.05) is 6.42 Å². The number of carboxylic acid groups (broad SMARTS) is 4. The molecule has 0 atom stereocenters. The predicted octanol–water partition coefficient (Wildman–Crippen LogP) is 3.97. The molecule has 2 aromatic carbocycles. The molecule has 0 amide bonds. The van der Waals surface area contributed by atoms with Gasteiger partial charge in [-0.1, -0.05) is 37.5 Å². The average molecular weight is 472 g/mol. The first kappa shape index (κ1) is 26.0. The van der Waals surface area contributed by atoms with E-state index in [-0.39, 0.29) is 23.3 Å². The Morgan fingerprint density at radius 2 is 1.15 bits per heavy atom. The predicted molar refractivity (Wildman–Crippen MR) is 118 cm³/mol. The van der Waals surface area contributed by atoms with Crippen LogP contribution in [0.15, 0.2) is 36.4 Å². The van der Waals surface area contributed by atoms with Crippen LogP contribution in [0.5, 0.6) is 5.75 Å². The van der Waals surface area contributed by atoms with E-state index >= 15 is 0 Å². The minimum Gasteiger partial charge on any atom is -0.478 e. The maximum absolute atomic E-state index is 12.1. The summed E-state index contributed by atoms with van der Waals surface area (Å²) in [6.07, 6.45) is 3.66. The molecule has 0 spiro atoms. The van der Waals surface area contributed by atoms with Gasteiger partial charge in [-0.3, -0.25) is 4.79 Å². The second kappa shape index (κ2) is 12.1. The number of esters is 1. The maximum Gasteiger partial charge on any atom is 0.340 e. The summed E-state index contributed by atoms with van der Waals surface area (Å²) in [7, 11) is 0. The lowest BCUT2D eigenvalue weighted by molar-refractivity contribution is -0.134. The largest absolute Gasteiger partial charge is 0.478 e. The van der Waals surface area contributed by atoms with Crippen molar-refractivity contribution in [2.45, 2.75) is 44.9 Å². The lowest BCUT2D eigenvalue weighted by Crippen LogP contribution is -2.14. The van der Waals surface area contributed by atoms with Crippen LogP contribution in [0.25, 0.3) is 0 Å². The van der Waals surface area contributed by atoms with E-state index in [1.165, 1.54) is 24.3 Å². The number of carbonyl (C=O) groups is 5. The van der Waals surface area contributed by atoms with Crippen LogP contribution in [-0.4, -0.2) is 50.3 Å². The van der Waals surface area contributed by atoms with Crippen molar-refractivity contribution in [2.75, 3.05) is 0 Å². The summed E-state index contributed by atoms with van der Waals surface area (Å²) in [6, 6.07) is 7.99. The molecule has 0 bridgehead atoms. The van der Waals surface area contributed by atoms with Crippen molar-refractivity contribution in [1.29, 1.82) is 0 Å². The van der Waals surface area contributed by atoms with Crippen molar-refractivity contribution in [2.24, 2.45) is 0 Å². The third-order valence-corrected chi connectivity index (χ3v) is 5.12. The lowest BCUT2D eigenvalue weighted by Gasteiger charge is -2.10. The lowest BCUT2D eigenvalue weighted by atomic mass is 9.96. The Bertz CT molecular complexity index is 1100. The van der Waals surface area contributed by atoms with Crippen molar-refractivity contribution in [3.8, 4) is 5.75 Å². The van der Waals surface area contributed by atoms with Crippen LogP contribution in [0.4, 0.5) is 0 Å². The molecule has 180 valence electrons. The van der Waals surface area contributed by atoms with E-state index in [1.807, 2.05) is 0 Å². The Balaban J connectivity index is 1.80. The number of carboxylic acids is 4. The number of carbonyl (C=O) groups excluding carboxylic acids is 1. The standard InChI is InChI=1S/C24H24O10/c25-18(34-17-12-7-11-16(22(28)29)20(17)24(32)33)13-5-3-1-2-4-8-14-9-6-10-15(21(26)27)19(14)23(30)31/h6-7,9-12H,1-5,8,13H2,(H,26,27)(H,28,29)(H,30,31)(H,32,33). The van der Waals surface area contributed by atoms with Gasteiger partial charge in [-0.15, -0.1) is 0 Å². The summed E-state index contributed by atoms with van der Waals surface area (Å²) in [5.74, 6) is -6.54. The molecule has 10 nitrogen and oxygen atoms in total. The van der Waals surface area contributed by atoms with Crippen molar-refractivity contribution in [3.05, 3.63) is 64.2 Å². The van der Waals surface area contributed by atoms with Gasteiger partial charge in [0.2, 0.25) is 0 Å². The Morgan fingerprint density at radius 3 is 1.74 bits per heavy atom. The van der Waals surface area contributed by atoms with Crippen molar-refractivity contribution >= 4 is 29.8 Å². The van der Waals surface area contributed by atoms with Crippen LogP contribution in [0.2, 0.25) is 0 Å². The molecule has 0 heterocycles. The topological polar surface area (TPSA) is 175 Å². The molecule has 0 aliphatic rings. The van der Waals surface area contributed by atoms with E-state index in [0.717, 1.165) is 18.9 Å². The van der Waals surface area contributed by atoms with Crippen LogP contribution in [0.1, 0.15) is 85.5 Å². The zero-order valence-electron chi connectivity index (χ0n) is 18.2. The van der Waals surface area contributed by atoms with Gasteiger partial charge in [0.1, 0.15) is 11.3 Å². The molecule has 0 aliphatic heterocycles. The zero-order chi connectivity index (χ0) is 25.3. The molecule has 0 saturated carbocycles. The maximum atomic E-state index is 12.1. The van der Waals surface area contributed by atoms with E-state index < -0.39 is 41.0 Å². The highest BCUT2D eigenvalue weighted by molar-refractivity contribution is 6.04. The van der Waals surface area contributed by atoms with E-state index in [4.69, 9.17) is 14.9 Å². The fourth-order valence-electron chi connectivity index (χ4n) is 3.54. The fraction of sp³-hybridized carbons (Fsp3) is 0.292. The Hall–Kier alpha value is -4.21. The molecule has 0 unspecified atom stereocenters. The molecule has 0 aromatic heterocycles. The van der Waals surface area contributed by atoms with Gasteiger partial charge in [0.05, 0.1) is 16.7 Å². The summed E-state index contributed by atoms with van der Waals surface area (Å²) in [5, 5.41) is 36.9. The highest BCUT2D eigenvalue weighted by atomic mass is 16.5. The molecule has 0 aliphatic carbocycles. The number of aryl methyl sites for hydroxylation is 1. The van der Waals surface area contributed by atoms with Gasteiger partial charge in [0.15, 0.2) is 0 Å². The van der Waals surface area contributed by atoms with Crippen LogP contribution < -0.4 is 4.74 Å². The number of ether oxygens (including phenoxy) is 1. The highest BCUT2D eigenvalue weighted by Crippen LogP contribution is 2.24. The van der Waals surface area contributed by atoms with Gasteiger partial charge in [-0.2, -0.15) is 0 Å². The molecule has 34 heavy (non-hydrogen) atoms. The van der Waals surface area contributed by atoms with Gasteiger partial charge in [0.25, 0.3) is 0 Å². The molecule has 2 rings (SSSR count). The monoisotopic (exact) mass is 472 g/mol. The number of benzene rings is 2. The molecule has 4 N–H and O–H groups in total. The van der Waals surface area contributed by atoms with Gasteiger partial charge in [-0.05, 0) is 43.0 Å². The second-order valence-electron chi connectivity index (χ2n) is 7.48. The molecular weight excluding hydrogens is 448 g/mol. The van der Waals surface area contributed by atoms with E-state index in [2.05, 4.69) is 0 Å². The molecular formula is C24H24O10. The Labute approximate surface area is 194 Å². The normalized spacial score (nSPS) is 10.5. The second-order valence-corrected chi connectivity index (χ2v) is 7.48. The molecule has 10 heteroatoms. The molecule has 0 radical (unpaired) electrons. The molecule has 0 saturated heterocycles. The third-order valence-electron chi connectivity index (χ3n) is 5.12. The number of unbranched alkanes of at least 4 members (excludes halogenated alkanes) is 4. The van der Waals surface area contributed by atoms with Crippen molar-refractivity contribution in [3.63, 3.8) is 0 Å². The quantitative estimate of drug-likeness (QED) is 0.189. The molecule has 0 fully saturated rings. The van der Waals surface area contributed by atoms with Crippen molar-refractivity contribution < 1.29 is 49.1 Å². The van der Waals surface area contributed by atoms with E-state index in [9.17, 15) is 34.2 Å². The number of hydrogen-bond donors (Lipinski definition) is 4. The highest BCUT2D eigenvalue weighted by Gasteiger charge is 2.22. The van der Waals surface area contributed by atoms with Crippen molar-refractivity contribution in [1.82, 2.24) is 0 Å². The first-order valence-corrected chi connectivity index (χ1v) is 10.5. The summed E-state index contributed by atoms with van der Waals surface area (Å²) >= 11 is 0. The Morgan fingerprint density at radius 1 is 0.618 bits per heavy atom. The number of rotatable bonds is 13. The number of aromatic carboxylic acids is 4. The van der Waals surface area contributed by atoms with Crippen LogP contribution in [0, 0.1) is 0 Å². The minimum absolute atomic E-state index is 0.0141. The summed E-state index contributed by atoms with van der Waals surface area (Å²) < 4.78 is 5.06. The smallest absolute Gasteiger partial charge is 0.340 e. The average Bonchev–Trinajstić information content (AvgIpc) is 2.77. The van der Waals surface area contributed by atoms with Gasteiger partial charge in [-0.25, -0.2) is 19.2 Å². The van der Waals surface area contributed by atoms with Crippen LogP contribution in [-0.2, 0) is 11.2 Å². The summed E-state index contributed by atoms with van der Waals surface area (Å²) in [4.78, 5) is 57.3. The summed E-state index contributed by atoms with van der Waals surface area (Å²) in [6.45, 7) is 0. The third kappa shape index (κ3) is 6.89. The van der Waals surface area contributed by atoms with Crippen LogP contribution >= 0.6 is 0 Å². The SMILES string of the molecule is O=C(CCCCCCCc1cccc(C(=O)O)c1C(=O)O)Oc1cccc(C(=O)O)c1C(=O)O. The summed E-state index contributed by atoms with van der Waals surface area (Å²) in [5.41, 5.74) is -1.06. The number of hydrogen-bond acceptors (Lipinski definition) is 6. The first-order chi connectivity index (χ1) is 16.1. The van der Waals surface area contributed by atoms with Crippen LogP contribution in [0.3, 0.4) is 0 Å². The van der Waals surface area contributed by atoms with Gasteiger partial charge < -0.3 is 25.2 Å². The van der Waals surface area contributed by atoms with Gasteiger partial charge >= 0.3 is 29.8 Å². The molecule has 2 aromatic rings. The zero-order valence-corrected chi connectivity index (χ0v) is 18.2. The Kier molecular flexibility index (Phi) is 9.30. The van der Waals surface area contributed by atoms with E-state index in [1.54, 1.807) is 6.07 Å². The minimum atomic E-state index is -1.51. The first-order valence-electron chi connectivity index (χ1n) is 10.5. The van der Waals surface area contributed by atoms with E-state index in [0.29, 0.717) is 31.2 Å².